The summed E-state index contributed by atoms with van der Waals surface area (Å²) >= 11 is 0. The SMILES string of the molecule is CCCC(CCC)CC(=O)c1cccc(CCCN)c1. The Bertz CT molecular complexity index is 394. The van der Waals surface area contributed by atoms with Crippen LogP contribution in [0.15, 0.2) is 24.3 Å². The first-order chi connectivity index (χ1) is 9.71. The molecule has 0 radical (unpaired) electrons. The highest BCUT2D eigenvalue weighted by atomic mass is 16.1. The smallest absolute Gasteiger partial charge is 0.163 e. The Morgan fingerprint density at radius 2 is 1.90 bits per heavy atom. The molecule has 0 spiro atoms. The Kier molecular flexibility index (Phi) is 8.20. The molecule has 112 valence electrons. The molecule has 0 aromatic heterocycles. The summed E-state index contributed by atoms with van der Waals surface area (Å²) < 4.78 is 0. The molecule has 20 heavy (non-hydrogen) atoms. The van der Waals surface area contributed by atoms with E-state index in [1.807, 2.05) is 18.2 Å². The van der Waals surface area contributed by atoms with E-state index in [9.17, 15) is 4.79 Å². The van der Waals surface area contributed by atoms with Crippen molar-refractivity contribution in [2.24, 2.45) is 11.7 Å². The van der Waals surface area contributed by atoms with Crippen molar-refractivity contribution < 1.29 is 4.79 Å². The molecule has 0 aliphatic heterocycles. The van der Waals surface area contributed by atoms with Gasteiger partial charge in [0.05, 0.1) is 0 Å². The van der Waals surface area contributed by atoms with Gasteiger partial charge in [-0.2, -0.15) is 0 Å². The third kappa shape index (κ3) is 5.87. The van der Waals surface area contributed by atoms with Gasteiger partial charge in [-0.3, -0.25) is 4.79 Å². The predicted molar refractivity (Wildman–Crippen MR) is 86.1 cm³/mol. The molecule has 0 saturated heterocycles. The lowest BCUT2D eigenvalue weighted by Crippen LogP contribution is -2.09. The van der Waals surface area contributed by atoms with Crippen LogP contribution in [0, 0.1) is 5.92 Å². The lowest BCUT2D eigenvalue weighted by molar-refractivity contribution is 0.0956. The van der Waals surface area contributed by atoms with Crippen LogP contribution >= 0.6 is 0 Å². The fourth-order valence-corrected chi connectivity index (χ4v) is 2.75. The van der Waals surface area contributed by atoms with Gasteiger partial charge in [0.15, 0.2) is 5.78 Å². The van der Waals surface area contributed by atoms with Gasteiger partial charge in [0.2, 0.25) is 0 Å². The number of hydrogen-bond acceptors (Lipinski definition) is 2. The molecule has 2 N–H and O–H groups in total. The van der Waals surface area contributed by atoms with Crippen LogP contribution in [0.1, 0.15) is 68.3 Å². The van der Waals surface area contributed by atoms with Crippen LogP contribution in [0.3, 0.4) is 0 Å². The van der Waals surface area contributed by atoms with E-state index in [1.54, 1.807) is 0 Å². The first-order valence-corrected chi connectivity index (χ1v) is 8.03. The average Bonchev–Trinajstić information content (AvgIpc) is 2.46. The van der Waals surface area contributed by atoms with Crippen molar-refractivity contribution in [1.29, 1.82) is 0 Å². The molecular formula is C18H29NO. The van der Waals surface area contributed by atoms with Crippen LogP contribution in [0.5, 0.6) is 0 Å². The first kappa shape index (κ1) is 16.9. The summed E-state index contributed by atoms with van der Waals surface area (Å²) in [6.45, 7) is 5.09. The predicted octanol–water partition coefficient (Wildman–Crippen LogP) is 4.37. The van der Waals surface area contributed by atoms with Gasteiger partial charge in [-0.25, -0.2) is 0 Å². The summed E-state index contributed by atoms with van der Waals surface area (Å²) in [6.07, 6.45) is 7.28. The van der Waals surface area contributed by atoms with Gasteiger partial charge in [-0.05, 0) is 36.9 Å². The molecule has 1 rings (SSSR count). The number of ketones is 1. The van der Waals surface area contributed by atoms with Crippen molar-refractivity contribution in [2.45, 2.75) is 58.8 Å². The van der Waals surface area contributed by atoms with Gasteiger partial charge >= 0.3 is 0 Å². The zero-order valence-electron chi connectivity index (χ0n) is 13.0. The van der Waals surface area contributed by atoms with Gasteiger partial charge in [0, 0.05) is 12.0 Å². The molecule has 0 saturated carbocycles. The Morgan fingerprint density at radius 1 is 1.20 bits per heavy atom. The summed E-state index contributed by atoms with van der Waals surface area (Å²) in [6, 6.07) is 8.08. The number of benzene rings is 1. The minimum Gasteiger partial charge on any atom is -0.330 e. The second-order valence-electron chi connectivity index (χ2n) is 5.66. The van der Waals surface area contributed by atoms with E-state index in [-0.39, 0.29) is 0 Å². The topological polar surface area (TPSA) is 43.1 Å². The van der Waals surface area contributed by atoms with E-state index in [2.05, 4.69) is 19.9 Å². The van der Waals surface area contributed by atoms with Crippen molar-refractivity contribution in [3.05, 3.63) is 35.4 Å². The number of nitrogens with two attached hydrogens (primary N) is 1. The highest BCUT2D eigenvalue weighted by molar-refractivity contribution is 5.96. The zero-order chi connectivity index (χ0) is 14.8. The highest BCUT2D eigenvalue weighted by Gasteiger charge is 2.14. The van der Waals surface area contributed by atoms with E-state index in [1.165, 1.54) is 5.56 Å². The van der Waals surface area contributed by atoms with Crippen molar-refractivity contribution in [1.82, 2.24) is 0 Å². The number of carbonyl (C=O) groups excluding carboxylic acids is 1. The van der Waals surface area contributed by atoms with Crippen molar-refractivity contribution in [3.63, 3.8) is 0 Å². The van der Waals surface area contributed by atoms with Crippen LogP contribution < -0.4 is 5.73 Å². The molecule has 0 aliphatic rings. The normalized spacial score (nSPS) is 11.0. The molecule has 0 aliphatic carbocycles. The highest BCUT2D eigenvalue weighted by Crippen LogP contribution is 2.20. The van der Waals surface area contributed by atoms with Gasteiger partial charge < -0.3 is 5.73 Å². The minimum absolute atomic E-state index is 0.298. The second-order valence-corrected chi connectivity index (χ2v) is 5.66. The number of Topliss-reactive ketones (excluding diaryl/α,β-unsaturated/α-hetero) is 1. The first-order valence-electron chi connectivity index (χ1n) is 8.03. The third-order valence-corrected chi connectivity index (χ3v) is 3.79. The molecule has 1 aromatic carbocycles. The molecular weight excluding hydrogens is 246 g/mol. The minimum atomic E-state index is 0.298. The Morgan fingerprint density at radius 3 is 2.50 bits per heavy atom. The molecule has 0 amide bonds. The second kappa shape index (κ2) is 9.71. The average molecular weight is 275 g/mol. The van der Waals surface area contributed by atoms with Crippen LogP contribution in [-0.2, 0) is 6.42 Å². The maximum Gasteiger partial charge on any atom is 0.163 e. The number of rotatable bonds is 10. The van der Waals surface area contributed by atoms with Gasteiger partial charge in [0.1, 0.15) is 0 Å². The molecule has 0 heterocycles. The summed E-state index contributed by atoms with van der Waals surface area (Å²) in [5.41, 5.74) is 7.64. The summed E-state index contributed by atoms with van der Waals surface area (Å²) in [5, 5.41) is 0. The molecule has 1 aromatic rings. The fraction of sp³-hybridized carbons (Fsp3) is 0.611. The zero-order valence-corrected chi connectivity index (χ0v) is 13.0. The van der Waals surface area contributed by atoms with E-state index < -0.39 is 0 Å². The summed E-state index contributed by atoms with van der Waals surface area (Å²) in [4.78, 5) is 12.4. The lowest BCUT2D eigenvalue weighted by Gasteiger charge is -2.14. The van der Waals surface area contributed by atoms with Gasteiger partial charge in [0.25, 0.3) is 0 Å². The van der Waals surface area contributed by atoms with E-state index >= 15 is 0 Å². The number of hydrogen-bond donors (Lipinski definition) is 1. The van der Waals surface area contributed by atoms with Crippen molar-refractivity contribution in [3.8, 4) is 0 Å². The maximum absolute atomic E-state index is 12.4. The van der Waals surface area contributed by atoms with Crippen molar-refractivity contribution in [2.75, 3.05) is 6.54 Å². The number of aryl methyl sites for hydroxylation is 1. The fourth-order valence-electron chi connectivity index (χ4n) is 2.75. The molecule has 0 fully saturated rings. The maximum atomic E-state index is 12.4. The monoisotopic (exact) mass is 275 g/mol. The summed E-state index contributed by atoms with van der Waals surface area (Å²) in [7, 11) is 0. The Labute approximate surface area is 123 Å². The van der Waals surface area contributed by atoms with Crippen LogP contribution in [0.2, 0.25) is 0 Å². The largest absolute Gasteiger partial charge is 0.330 e. The van der Waals surface area contributed by atoms with Crippen LogP contribution in [0.25, 0.3) is 0 Å². The molecule has 0 atom stereocenters. The van der Waals surface area contributed by atoms with Crippen LogP contribution in [0.4, 0.5) is 0 Å². The van der Waals surface area contributed by atoms with Crippen molar-refractivity contribution >= 4 is 5.78 Å². The van der Waals surface area contributed by atoms with Gasteiger partial charge in [-0.1, -0.05) is 57.7 Å². The number of carbonyl (C=O) groups is 1. The molecule has 0 bridgehead atoms. The molecule has 2 nitrogen and oxygen atoms in total. The molecule has 0 unspecified atom stereocenters. The molecule has 2 heteroatoms. The standard InChI is InChI=1S/C18H29NO/c1-3-7-15(8-4-2)14-18(20)17-11-5-9-16(13-17)10-6-12-19/h5,9,11,13,15H,3-4,6-8,10,12,14,19H2,1-2H3. The van der Waals surface area contributed by atoms with Gasteiger partial charge in [-0.15, -0.1) is 0 Å². The van der Waals surface area contributed by atoms with E-state index in [0.717, 1.165) is 44.1 Å². The third-order valence-electron chi connectivity index (χ3n) is 3.79. The summed E-state index contributed by atoms with van der Waals surface area (Å²) in [5.74, 6) is 0.844. The van der Waals surface area contributed by atoms with E-state index in [4.69, 9.17) is 5.73 Å². The Hall–Kier alpha value is -1.15. The Balaban J connectivity index is 2.65. The quantitative estimate of drug-likeness (QED) is 0.644. The van der Waals surface area contributed by atoms with Crippen LogP contribution in [-0.4, -0.2) is 12.3 Å². The van der Waals surface area contributed by atoms with E-state index in [0.29, 0.717) is 24.7 Å². The lowest BCUT2D eigenvalue weighted by atomic mass is 9.90.